The van der Waals surface area contributed by atoms with Crippen LogP contribution >= 0.6 is 39.1 Å². The molecule has 0 aliphatic carbocycles. The third-order valence-corrected chi connectivity index (χ3v) is 4.39. The second-order valence-electron chi connectivity index (χ2n) is 4.71. The van der Waals surface area contributed by atoms with Crippen LogP contribution in [0.5, 0.6) is 0 Å². The van der Waals surface area contributed by atoms with Gasteiger partial charge in [-0.1, -0.05) is 57.3 Å². The fourth-order valence-corrected chi connectivity index (χ4v) is 2.93. The number of halogens is 3. The number of aliphatic hydroxyl groups is 1. The molecular weight excluding hydrogens is 389 g/mol. The normalized spacial score (nSPS) is 12.0. The summed E-state index contributed by atoms with van der Waals surface area (Å²) in [6.07, 6.45) is -0.979. The van der Waals surface area contributed by atoms with E-state index < -0.39 is 6.10 Å². The lowest BCUT2D eigenvalue weighted by atomic mass is 9.99. The molecule has 1 atom stereocenters. The Morgan fingerprint density at radius 3 is 2.55 bits per heavy atom. The van der Waals surface area contributed by atoms with Crippen molar-refractivity contribution in [2.24, 2.45) is 0 Å². The number of nitrogens with zero attached hydrogens (tertiary/aromatic N) is 1. The molecule has 0 saturated heterocycles. The highest BCUT2D eigenvalue weighted by Crippen LogP contribution is 2.35. The Balaban J connectivity index is 2.52. The maximum Gasteiger partial charge on any atom is 0.237 e. The third-order valence-electron chi connectivity index (χ3n) is 3.33. The maximum atomic E-state index is 11.9. The first-order chi connectivity index (χ1) is 10.5. The van der Waals surface area contributed by atoms with Gasteiger partial charge in [0, 0.05) is 33.9 Å². The average molecular weight is 403 g/mol. The molecule has 2 aromatic carbocycles. The van der Waals surface area contributed by atoms with E-state index in [9.17, 15) is 9.90 Å². The number of anilines is 1. The highest BCUT2D eigenvalue weighted by Gasteiger charge is 2.21. The van der Waals surface area contributed by atoms with Crippen molar-refractivity contribution in [2.45, 2.75) is 6.10 Å². The highest BCUT2D eigenvalue weighted by atomic mass is 79.9. The third kappa shape index (κ3) is 3.63. The molecule has 0 fully saturated rings. The van der Waals surface area contributed by atoms with E-state index in [1.807, 2.05) is 0 Å². The van der Waals surface area contributed by atoms with E-state index in [2.05, 4.69) is 15.9 Å². The van der Waals surface area contributed by atoms with Crippen molar-refractivity contribution in [3.8, 4) is 0 Å². The van der Waals surface area contributed by atoms with Gasteiger partial charge in [0.05, 0.1) is 5.33 Å². The van der Waals surface area contributed by atoms with Gasteiger partial charge in [0.25, 0.3) is 0 Å². The number of benzene rings is 2. The molecular formula is C16H14BrCl2NO2. The predicted octanol–water partition coefficient (Wildman–Crippen LogP) is 4.43. The van der Waals surface area contributed by atoms with Crippen LogP contribution in [0, 0.1) is 0 Å². The van der Waals surface area contributed by atoms with Crippen molar-refractivity contribution in [1.29, 1.82) is 0 Å². The van der Waals surface area contributed by atoms with Gasteiger partial charge in [0.2, 0.25) is 5.91 Å². The van der Waals surface area contributed by atoms with Crippen molar-refractivity contribution in [1.82, 2.24) is 0 Å². The summed E-state index contributed by atoms with van der Waals surface area (Å²) >= 11 is 15.3. The minimum Gasteiger partial charge on any atom is -0.384 e. The lowest BCUT2D eigenvalue weighted by Crippen LogP contribution is -2.28. The van der Waals surface area contributed by atoms with Crippen molar-refractivity contribution >= 4 is 50.7 Å². The van der Waals surface area contributed by atoms with E-state index in [0.29, 0.717) is 26.9 Å². The van der Waals surface area contributed by atoms with Gasteiger partial charge in [-0.15, -0.1) is 0 Å². The largest absolute Gasteiger partial charge is 0.384 e. The van der Waals surface area contributed by atoms with Gasteiger partial charge < -0.3 is 10.0 Å². The Morgan fingerprint density at radius 2 is 1.91 bits per heavy atom. The summed E-state index contributed by atoms with van der Waals surface area (Å²) in [5.74, 6) is -0.130. The van der Waals surface area contributed by atoms with Crippen molar-refractivity contribution in [2.75, 3.05) is 17.3 Å². The zero-order valence-corrected chi connectivity index (χ0v) is 14.9. The number of hydrogen-bond acceptors (Lipinski definition) is 2. The van der Waals surface area contributed by atoms with Crippen LogP contribution < -0.4 is 4.90 Å². The molecule has 0 heterocycles. The summed E-state index contributed by atoms with van der Waals surface area (Å²) < 4.78 is 0. The molecule has 0 aliphatic rings. The number of aliphatic hydroxyl groups excluding tert-OH is 1. The number of rotatable bonds is 4. The van der Waals surface area contributed by atoms with Crippen molar-refractivity contribution < 1.29 is 9.90 Å². The van der Waals surface area contributed by atoms with Gasteiger partial charge in [-0.05, 0) is 24.3 Å². The van der Waals surface area contributed by atoms with Crippen LogP contribution in [0.4, 0.5) is 5.69 Å². The predicted molar refractivity (Wildman–Crippen MR) is 94.2 cm³/mol. The minimum atomic E-state index is -0.979. The molecule has 0 spiro atoms. The smallest absolute Gasteiger partial charge is 0.237 e. The fourth-order valence-electron chi connectivity index (χ4n) is 2.14. The van der Waals surface area contributed by atoms with Gasteiger partial charge in [-0.25, -0.2) is 0 Å². The van der Waals surface area contributed by atoms with Crippen LogP contribution in [0.15, 0.2) is 42.5 Å². The second kappa shape index (κ2) is 7.47. The molecule has 0 bridgehead atoms. The quantitative estimate of drug-likeness (QED) is 0.768. The van der Waals surface area contributed by atoms with Crippen LogP contribution in [-0.2, 0) is 4.79 Å². The second-order valence-corrected chi connectivity index (χ2v) is 6.12. The molecule has 3 nitrogen and oxygen atoms in total. The molecule has 0 aliphatic heterocycles. The lowest BCUT2D eigenvalue weighted by molar-refractivity contribution is -0.115. The number of carbonyl (C=O) groups excluding carboxylic acids is 1. The molecule has 0 radical (unpaired) electrons. The average Bonchev–Trinajstić information content (AvgIpc) is 2.53. The molecule has 1 unspecified atom stereocenters. The molecule has 0 aromatic heterocycles. The number of alkyl halides is 1. The van der Waals surface area contributed by atoms with Crippen LogP contribution in [0.3, 0.4) is 0 Å². The Bertz CT molecular complexity index is 694. The SMILES string of the molecule is CN(C(=O)CBr)c1ccc(Cl)cc1C(O)c1ccccc1Cl. The minimum absolute atomic E-state index is 0.130. The van der Waals surface area contributed by atoms with E-state index in [4.69, 9.17) is 23.2 Å². The topological polar surface area (TPSA) is 40.5 Å². The first kappa shape index (κ1) is 17.3. The van der Waals surface area contributed by atoms with Crippen LogP contribution in [-0.4, -0.2) is 23.4 Å². The number of hydrogen-bond donors (Lipinski definition) is 1. The fraction of sp³-hybridized carbons (Fsp3) is 0.188. The zero-order chi connectivity index (χ0) is 16.3. The summed E-state index contributed by atoms with van der Waals surface area (Å²) in [4.78, 5) is 13.4. The zero-order valence-electron chi connectivity index (χ0n) is 11.8. The molecule has 1 N–H and O–H groups in total. The maximum absolute atomic E-state index is 11.9. The van der Waals surface area contributed by atoms with Gasteiger partial charge in [-0.3, -0.25) is 4.79 Å². The van der Waals surface area contributed by atoms with Gasteiger partial charge in [-0.2, -0.15) is 0 Å². The first-order valence-electron chi connectivity index (χ1n) is 6.50. The Morgan fingerprint density at radius 1 is 1.23 bits per heavy atom. The highest BCUT2D eigenvalue weighted by molar-refractivity contribution is 9.09. The molecule has 2 rings (SSSR count). The van der Waals surface area contributed by atoms with E-state index in [0.717, 1.165) is 0 Å². The van der Waals surface area contributed by atoms with E-state index in [1.54, 1.807) is 49.5 Å². The molecule has 2 aromatic rings. The van der Waals surface area contributed by atoms with Crippen LogP contribution in [0.2, 0.25) is 10.0 Å². The lowest BCUT2D eigenvalue weighted by Gasteiger charge is -2.23. The van der Waals surface area contributed by atoms with Crippen molar-refractivity contribution in [3.63, 3.8) is 0 Å². The Hall–Kier alpha value is -1.07. The molecule has 0 saturated carbocycles. The van der Waals surface area contributed by atoms with Crippen LogP contribution in [0.25, 0.3) is 0 Å². The molecule has 6 heteroatoms. The summed E-state index contributed by atoms with van der Waals surface area (Å²) in [7, 11) is 1.65. The number of amides is 1. The molecule has 116 valence electrons. The van der Waals surface area contributed by atoms with E-state index in [-0.39, 0.29) is 11.2 Å². The van der Waals surface area contributed by atoms with E-state index >= 15 is 0 Å². The summed E-state index contributed by atoms with van der Waals surface area (Å²) in [6, 6.07) is 12.1. The summed E-state index contributed by atoms with van der Waals surface area (Å²) in [5.41, 5.74) is 1.67. The summed E-state index contributed by atoms with van der Waals surface area (Å²) in [6.45, 7) is 0. The first-order valence-corrected chi connectivity index (χ1v) is 8.38. The van der Waals surface area contributed by atoms with Crippen molar-refractivity contribution in [3.05, 3.63) is 63.6 Å². The monoisotopic (exact) mass is 401 g/mol. The van der Waals surface area contributed by atoms with Gasteiger partial charge in [0.1, 0.15) is 6.10 Å². The standard InChI is InChI=1S/C16H14BrCl2NO2/c1-20(15(21)9-17)14-7-6-10(18)8-12(14)16(22)11-4-2-3-5-13(11)19/h2-8,16,22H,9H2,1H3. The van der Waals surface area contributed by atoms with Gasteiger partial charge in [0.15, 0.2) is 0 Å². The Kier molecular flexibility index (Phi) is 5.87. The molecule has 1 amide bonds. The Labute approximate surface area is 147 Å². The summed E-state index contributed by atoms with van der Waals surface area (Å²) in [5, 5.41) is 11.8. The van der Waals surface area contributed by atoms with Gasteiger partial charge >= 0.3 is 0 Å². The number of carbonyl (C=O) groups is 1. The molecule has 22 heavy (non-hydrogen) atoms. The van der Waals surface area contributed by atoms with E-state index in [1.165, 1.54) is 4.90 Å². The van der Waals surface area contributed by atoms with Crippen LogP contribution in [0.1, 0.15) is 17.2 Å².